The predicted octanol–water partition coefficient (Wildman–Crippen LogP) is 6.65. The van der Waals surface area contributed by atoms with Crippen LogP contribution in [-0.4, -0.2) is 29.3 Å². The molecule has 0 unspecified atom stereocenters. The van der Waals surface area contributed by atoms with E-state index < -0.39 is 5.97 Å². The van der Waals surface area contributed by atoms with Gasteiger partial charge < -0.3 is 19.6 Å². The molecule has 1 heterocycles. The monoisotopic (exact) mass is 457 g/mol. The van der Waals surface area contributed by atoms with E-state index in [1.807, 2.05) is 18.2 Å². The molecule has 2 N–H and O–H groups in total. The van der Waals surface area contributed by atoms with Crippen molar-refractivity contribution in [3.8, 4) is 22.6 Å². The smallest absolute Gasteiger partial charge is 0.307 e. The molecular weight excluding hydrogens is 426 g/mol. The van der Waals surface area contributed by atoms with Crippen molar-refractivity contribution < 1.29 is 19.4 Å². The summed E-state index contributed by atoms with van der Waals surface area (Å²) >= 11 is 0. The van der Waals surface area contributed by atoms with Crippen molar-refractivity contribution in [1.29, 1.82) is 0 Å². The van der Waals surface area contributed by atoms with Gasteiger partial charge in [-0.3, -0.25) is 4.79 Å². The third-order valence-corrected chi connectivity index (χ3v) is 5.82. The van der Waals surface area contributed by atoms with Gasteiger partial charge in [-0.1, -0.05) is 55.8 Å². The number of rotatable bonds is 12. The number of ether oxygens (including phenoxy) is 2. The van der Waals surface area contributed by atoms with E-state index in [-0.39, 0.29) is 6.42 Å². The molecule has 5 nitrogen and oxygen atoms in total. The topological polar surface area (TPSA) is 71.6 Å². The van der Waals surface area contributed by atoms with Gasteiger partial charge in [0.1, 0.15) is 11.5 Å². The van der Waals surface area contributed by atoms with Crippen LogP contribution >= 0.6 is 0 Å². The van der Waals surface area contributed by atoms with Crippen LogP contribution in [0.1, 0.15) is 37.3 Å². The largest absolute Gasteiger partial charge is 0.494 e. The maximum atomic E-state index is 10.9. The number of aromatic nitrogens is 1. The molecule has 0 spiro atoms. The molecule has 0 fully saturated rings. The van der Waals surface area contributed by atoms with Gasteiger partial charge in [0.05, 0.1) is 25.2 Å². The maximum absolute atomic E-state index is 10.9. The number of aliphatic carboxylic acids is 1. The van der Waals surface area contributed by atoms with E-state index in [2.05, 4.69) is 54.5 Å². The molecule has 5 heteroatoms. The van der Waals surface area contributed by atoms with Gasteiger partial charge in [-0.05, 0) is 54.7 Å². The zero-order valence-electron chi connectivity index (χ0n) is 19.5. The standard InChI is InChI=1S/C29H31NO4/c1-2-9-25-27(15-14-24-26(20-30-29(24)25)22-11-4-3-5-12-22)34-17-7-6-16-33-23-13-8-10-21(18-23)19-28(31)32/h3-5,8,10-15,18,20,30H,2,6-7,9,16-17,19H2,1H3,(H,31,32). The van der Waals surface area contributed by atoms with E-state index in [1.165, 1.54) is 22.1 Å². The zero-order valence-corrected chi connectivity index (χ0v) is 19.5. The first-order valence-electron chi connectivity index (χ1n) is 11.9. The minimum absolute atomic E-state index is 0.00311. The SMILES string of the molecule is CCCc1c(OCCCCOc2cccc(CC(=O)O)c2)ccc2c(-c3ccccc3)c[nH]c12. The highest BCUT2D eigenvalue weighted by molar-refractivity contribution is 5.98. The molecule has 4 rings (SSSR count). The van der Waals surface area contributed by atoms with Gasteiger partial charge in [-0.2, -0.15) is 0 Å². The fourth-order valence-corrected chi connectivity index (χ4v) is 4.23. The number of aryl methyl sites for hydroxylation is 1. The van der Waals surface area contributed by atoms with Crippen molar-refractivity contribution in [3.05, 3.63) is 84.1 Å². The van der Waals surface area contributed by atoms with Crippen molar-refractivity contribution in [2.45, 2.75) is 39.0 Å². The number of nitrogens with one attached hydrogen (secondary N) is 1. The summed E-state index contributed by atoms with van der Waals surface area (Å²) in [5.41, 5.74) is 5.55. The maximum Gasteiger partial charge on any atom is 0.307 e. The second kappa shape index (κ2) is 11.4. The lowest BCUT2D eigenvalue weighted by atomic mass is 10.0. The lowest BCUT2D eigenvalue weighted by Gasteiger charge is -2.13. The quantitative estimate of drug-likeness (QED) is 0.234. The van der Waals surface area contributed by atoms with Gasteiger partial charge in [-0.15, -0.1) is 0 Å². The molecule has 0 saturated carbocycles. The minimum atomic E-state index is -0.842. The number of hydrogen-bond acceptors (Lipinski definition) is 3. The molecule has 1 aromatic heterocycles. The molecule has 0 aliphatic heterocycles. The van der Waals surface area contributed by atoms with Crippen molar-refractivity contribution in [3.63, 3.8) is 0 Å². The Labute approximate surface area is 200 Å². The number of benzene rings is 3. The molecule has 176 valence electrons. The van der Waals surface area contributed by atoms with Crippen LogP contribution in [0.5, 0.6) is 11.5 Å². The Morgan fingerprint density at radius 1 is 0.941 bits per heavy atom. The van der Waals surface area contributed by atoms with Gasteiger partial charge in [0, 0.05) is 22.7 Å². The Kier molecular flexibility index (Phi) is 7.87. The van der Waals surface area contributed by atoms with E-state index >= 15 is 0 Å². The van der Waals surface area contributed by atoms with Crippen LogP contribution in [0.25, 0.3) is 22.0 Å². The third-order valence-electron chi connectivity index (χ3n) is 5.82. The number of hydrogen-bond donors (Lipinski definition) is 2. The number of carbonyl (C=O) groups is 1. The number of carboxylic acids is 1. The van der Waals surface area contributed by atoms with Crippen LogP contribution in [0.2, 0.25) is 0 Å². The van der Waals surface area contributed by atoms with Gasteiger partial charge in [0.25, 0.3) is 0 Å². The van der Waals surface area contributed by atoms with E-state index in [0.29, 0.717) is 19.0 Å². The van der Waals surface area contributed by atoms with Crippen molar-refractivity contribution in [2.24, 2.45) is 0 Å². The van der Waals surface area contributed by atoms with Crippen LogP contribution in [0.3, 0.4) is 0 Å². The van der Waals surface area contributed by atoms with Crippen LogP contribution in [0.4, 0.5) is 0 Å². The zero-order chi connectivity index (χ0) is 23.8. The Balaban J connectivity index is 1.33. The number of carboxylic acid groups (broad SMARTS) is 1. The summed E-state index contributed by atoms with van der Waals surface area (Å²) in [4.78, 5) is 14.4. The van der Waals surface area contributed by atoms with Gasteiger partial charge in [-0.25, -0.2) is 0 Å². The highest BCUT2D eigenvalue weighted by Crippen LogP contribution is 2.35. The molecule has 0 saturated heterocycles. The normalized spacial score (nSPS) is 11.0. The Bertz CT molecular complexity index is 1230. The Morgan fingerprint density at radius 3 is 2.50 bits per heavy atom. The minimum Gasteiger partial charge on any atom is -0.494 e. The Hall–Kier alpha value is -3.73. The number of unbranched alkanes of at least 4 members (excludes halogenated alkanes) is 1. The average molecular weight is 458 g/mol. The highest BCUT2D eigenvalue weighted by atomic mass is 16.5. The summed E-state index contributed by atoms with van der Waals surface area (Å²) in [7, 11) is 0. The summed E-state index contributed by atoms with van der Waals surface area (Å²) < 4.78 is 12.0. The second-order valence-corrected chi connectivity index (χ2v) is 8.41. The first-order chi connectivity index (χ1) is 16.7. The Morgan fingerprint density at radius 2 is 1.74 bits per heavy atom. The lowest BCUT2D eigenvalue weighted by Crippen LogP contribution is -2.05. The number of H-pyrrole nitrogens is 1. The molecule has 4 aromatic rings. The first-order valence-corrected chi connectivity index (χ1v) is 11.9. The second-order valence-electron chi connectivity index (χ2n) is 8.41. The highest BCUT2D eigenvalue weighted by Gasteiger charge is 2.13. The van der Waals surface area contributed by atoms with Gasteiger partial charge in [0.15, 0.2) is 0 Å². The third kappa shape index (κ3) is 5.79. The van der Waals surface area contributed by atoms with E-state index in [9.17, 15) is 4.79 Å². The van der Waals surface area contributed by atoms with E-state index in [1.54, 1.807) is 12.1 Å². The molecule has 3 aromatic carbocycles. The molecule has 34 heavy (non-hydrogen) atoms. The van der Waals surface area contributed by atoms with Gasteiger partial charge in [0.2, 0.25) is 0 Å². The molecule has 0 aliphatic rings. The van der Waals surface area contributed by atoms with Crippen molar-refractivity contribution >= 4 is 16.9 Å². The first kappa shape index (κ1) is 23.4. The number of fused-ring (bicyclic) bond motifs is 1. The van der Waals surface area contributed by atoms with Crippen molar-refractivity contribution in [1.82, 2.24) is 4.98 Å². The fraction of sp³-hybridized carbons (Fsp3) is 0.276. The predicted molar refractivity (Wildman–Crippen MR) is 136 cm³/mol. The molecule has 0 aliphatic carbocycles. The molecule has 0 amide bonds. The van der Waals surface area contributed by atoms with Crippen LogP contribution in [0.15, 0.2) is 72.9 Å². The molecule has 0 bridgehead atoms. The molecular formula is C29H31NO4. The number of aromatic amines is 1. The summed E-state index contributed by atoms with van der Waals surface area (Å²) in [6.07, 6.45) is 5.82. The van der Waals surface area contributed by atoms with Gasteiger partial charge >= 0.3 is 5.97 Å². The van der Waals surface area contributed by atoms with Crippen LogP contribution in [0, 0.1) is 0 Å². The summed E-state index contributed by atoms with van der Waals surface area (Å²) in [5.74, 6) is 0.806. The summed E-state index contributed by atoms with van der Waals surface area (Å²) in [5, 5.41) is 10.2. The van der Waals surface area contributed by atoms with Crippen LogP contribution in [-0.2, 0) is 17.6 Å². The summed E-state index contributed by atoms with van der Waals surface area (Å²) in [6.45, 7) is 3.38. The molecule has 0 radical (unpaired) electrons. The van der Waals surface area contributed by atoms with Crippen molar-refractivity contribution in [2.75, 3.05) is 13.2 Å². The lowest BCUT2D eigenvalue weighted by molar-refractivity contribution is -0.136. The fourth-order valence-electron chi connectivity index (χ4n) is 4.23. The van der Waals surface area contributed by atoms with E-state index in [0.717, 1.165) is 42.5 Å². The summed E-state index contributed by atoms with van der Waals surface area (Å²) in [6, 6.07) is 21.9. The van der Waals surface area contributed by atoms with Crippen LogP contribution < -0.4 is 9.47 Å². The molecule has 0 atom stereocenters. The average Bonchev–Trinajstić information content (AvgIpc) is 3.27. The van der Waals surface area contributed by atoms with E-state index in [4.69, 9.17) is 14.6 Å².